The van der Waals surface area contributed by atoms with Crippen LogP contribution in [0.5, 0.6) is 0 Å². The fourth-order valence-electron chi connectivity index (χ4n) is 2.76. The van der Waals surface area contributed by atoms with Crippen molar-refractivity contribution in [2.45, 2.75) is 13.0 Å². The Morgan fingerprint density at radius 1 is 1.27 bits per heavy atom. The highest BCUT2D eigenvalue weighted by atomic mass is 35.5. The van der Waals surface area contributed by atoms with Gasteiger partial charge in [0.2, 0.25) is 0 Å². The number of rotatable bonds is 2. The van der Waals surface area contributed by atoms with E-state index in [1.807, 2.05) is 11.9 Å². The third kappa shape index (κ3) is 2.58. The van der Waals surface area contributed by atoms with Gasteiger partial charge in [0.1, 0.15) is 5.82 Å². The summed E-state index contributed by atoms with van der Waals surface area (Å²) in [6.07, 6.45) is 0. The SMILES string of the molecule is CC(N)c1nc2cccc(Cl)c2c(=O)n1N1CCN(C)CC1. The number of likely N-dealkylation sites (N-methyl/N-ethyl adjacent to an activating group) is 1. The van der Waals surface area contributed by atoms with Gasteiger partial charge in [0.25, 0.3) is 5.56 Å². The molecule has 1 unspecified atom stereocenters. The van der Waals surface area contributed by atoms with E-state index >= 15 is 0 Å². The van der Waals surface area contributed by atoms with Gasteiger partial charge in [-0.2, -0.15) is 0 Å². The largest absolute Gasteiger partial charge is 0.322 e. The number of nitrogens with two attached hydrogens (primary N) is 1. The molecule has 0 bridgehead atoms. The molecule has 1 aliphatic rings. The highest BCUT2D eigenvalue weighted by Crippen LogP contribution is 2.20. The summed E-state index contributed by atoms with van der Waals surface area (Å²) in [5.74, 6) is 0.573. The molecule has 0 amide bonds. The molecule has 3 rings (SSSR count). The lowest BCUT2D eigenvalue weighted by Gasteiger charge is -2.36. The fourth-order valence-corrected chi connectivity index (χ4v) is 3.01. The second-order valence-electron chi connectivity index (χ2n) is 5.77. The lowest BCUT2D eigenvalue weighted by atomic mass is 10.2. The second kappa shape index (κ2) is 5.87. The van der Waals surface area contributed by atoms with Crippen molar-refractivity contribution in [1.82, 2.24) is 14.6 Å². The van der Waals surface area contributed by atoms with Crippen molar-refractivity contribution in [2.75, 3.05) is 38.2 Å². The van der Waals surface area contributed by atoms with Gasteiger partial charge in [-0.3, -0.25) is 4.79 Å². The molecule has 6 nitrogen and oxygen atoms in total. The summed E-state index contributed by atoms with van der Waals surface area (Å²) in [5, 5.41) is 2.89. The van der Waals surface area contributed by atoms with Crippen LogP contribution in [0.3, 0.4) is 0 Å². The van der Waals surface area contributed by atoms with E-state index in [4.69, 9.17) is 17.3 Å². The van der Waals surface area contributed by atoms with Gasteiger partial charge < -0.3 is 15.6 Å². The Morgan fingerprint density at radius 2 is 1.95 bits per heavy atom. The molecule has 1 saturated heterocycles. The Bertz CT molecular complexity index is 749. The fraction of sp³-hybridized carbons (Fsp3) is 0.467. The quantitative estimate of drug-likeness (QED) is 0.892. The highest BCUT2D eigenvalue weighted by Gasteiger charge is 2.22. The molecule has 0 spiro atoms. The molecule has 2 heterocycles. The van der Waals surface area contributed by atoms with Crippen LogP contribution < -0.4 is 16.3 Å². The Morgan fingerprint density at radius 3 is 2.59 bits per heavy atom. The summed E-state index contributed by atoms with van der Waals surface area (Å²) in [6.45, 7) is 5.14. The molecule has 7 heteroatoms. The number of aromatic nitrogens is 2. The summed E-state index contributed by atoms with van der Waals surface area (Å²) in [7, 11) is 2.07. The summed E-state index contributed by atoms with van der Waals surface area (Å²) >= 11 is 6.22. The molecule has 1 aromatic heterocycles. The van der Waals surface area contributed by atoms with Gasteiger partial charge in [-0.25, -0.2) is 9.66 Å². The van der Waals surface area contributed by atoms with Crippen LogP contribution in [0.4, 0.5) is 0 Å². The number of nitrogens with zero attached hydrogens (tertiary/aromatic N) is 4. The summed E-state index contributed by atoms with van der Waals surface area (Å²) in [4.78, 5) is 19.8. The molecular weight excluding hydrogens is 302 g/mol. The molecular formula is C15H20ClN5O. The molecule has 0 saturated carbocycles. The third-order valence-corrected chi connectivity index (χ3v) is 4.33. The van der Waals surface area contributed by atoms with Crippen molar-refractivity contribution in [2.24, 2.45) is 5.73 Å². The number of hydrogen-bond acceptors (Lipinski definition) is 5. The molecule has 0 radical (unpaired) electrons. The predicted octanol–water partition coefficient (Wildman–Crippen LogP) is 0.953. The van der Waals surface area contributed by atoms with Crippen molar-refractivity contribution in [3.05, 3.63) is 39.4 Å². The lowest BCUT2D eigenvalue weighted by Crippen LogP contribution is -2.54. The number of benzene rings is 1. The van der Waals surface area contributed by atoms with E-state index < -0.39 is 0 Å². The first kappa shape index (κ1) is 15.3. The predicted molar refractivity (Wildman–Crippen MR) is 89.1 cm³/mol. The second-order valence-corrected chi connectivity index (χ2v) is 6.17. The minimum Gasteiger partial charge on any atom is -0.322 e. The van der Waals surface area contributed by atoms with Crippen molar-refractivity contribution in [3.8, 4) is 0 Å². The average molecular weight is 322 g/mol. The van der Waals surface area contributed by atoms with Gasteiger partial charge in [0.15, 0.2) is 0 Å². The van der Waals surface area contributed by atoms with Gasteiger partial charge in [-0.1, -0.05) is 17.7 Å². The zero-order chi connectivity index (χ0) is 15.9. The normalized spacial score (nSPS) is 17.9. The van der Waals surface area contributed by atoms with Gasteiger partial charge in [-0.05, 0) is 26.1 Å². The van der Waals surface area contributed by atoms with Gasteiger partial charge in [0.05, 0.1) is 22.0 Å². The third-order valence-electron chi connectivity index (χ3n) is 4.02. The summed E-state index contributed by atoms with van der Waals surface area (Å²) < 4.78 is 1.62. The van der Waals surface area contributed by atoms with Gasteiger partial charge >= 0.3 is 0 Å². The number of fused-ring (bicyclic) bond motifs is 1. The number of piperazine rings is 1. The van der Waals surface area contributed by atoms with Crippen LogP contribution in [0.25, 0.3) is 10.9 Å². The molecule has 118 valence electrons. The van der Waals surface area contributed by atoms with E-state index in [1.54, 1.807) is 22.9 Å². The average Bonchev–Trinajstić information content (AvgIpc) is 2.48. The minimum atomic E-state index is -0.337. The van der Waals surface area contributed by atoms with E-state index in [9.17, 15) is 4.79 Å². The number of hydrogen-bond donors (Lipinski definition) is 1. The van der Waals surface area contributed by atoms with Crippen LogP contribution in [0.2, 0.25) is 5.02 Å². The zero-order valence-electron chi connectivity index (χ0n) is 12.8. The van der Waals surface area contributed by atoms with Crippen molar-refractivity contribution < 1.29 is 0 Å². The van der Waals surface area contributed by atoms with Crippen LogP contribution in [0.1, 0.15) is 18.8 Å². The van der Waals surface area contributed by atoms with E-state index in [0.717, 1.165) is 26.2 Å². The molecule has 1 fully saturated rings. The Labute approximate surface area is 134 Å². The first-order valence-electron chi connectivity index (χ1n) is 7.39. The Balaban J connectivity index is 2.22. The Kier molecular flexibility index (Phi) is 4.08. The van der Waals surface area contributed by atoms with Crippen LogP contribution in [0.15, 0.2) is 23.0 Å². The van der Waals surface area contributed by atoms with Crippen LogP contribution in [-0.2, 0) is 0 Å². The molecule has 2 N–H and O–H groups in total. The zero-order valence-corrected chi connectivity index (χ0v) is 13.5. The van der Waals surface area contributed by atoms with Crippen LogP contribution in [-0.4, -0.2) is 47.8 Å². The molecule has 2 aromatic rings. The first-order chi connectivity index (χ1) is 10.5. The van der Waals surface area contributed by atoms with Crippen molar-refractivity contribution >= 4 is 22.5 Å². The minimum absolute atomic E-state index is 0.146. The maximum atomic E-state index is 13.0. The summed E-state index contributed by atoms with van der Waals surface area (Å²) in [5.41, 5.74) is 6.50. The van der Waals surface area contributed by atoms with Crippen LogP contribution in [0, 0.1) is 0 Å². The first-order valence-corrected chi connectivity index (χ1v) is 7.77. The highest BCUT2D eigenvalue weighted by molar-refractivity contribution is 6.35. The molecule has 1 aliphatic heterocycles. The summed E-state index contributed by atoms with van der Waals surface area (Å²) in [6, 6.07) is 4.97. The van der Waals surface area contributed by atoms with Crippen LogP contribution >= 0.6 is 11.6 Å². The topological polar surface area (TPSA) is 67.4 Å². The monoisotopic (exact) mass is 321 g/mol. The lowest BCUT2D eigenvalue weighted by molar-refractivity contribution is 0.282. The van der Waals surface area contributed by atoms with Crippen molar-refractivity contribution in [3.63, 3.8) is 0 Å². The van der Waals surface area contributed by atoms with Crippen molar-refractivity contribution in [1.29, 1.82) is 0 Å². The Hall–Kier alpha value is -1.63. The van der Waals surface area contributed by atoms with Gasteiger partial charge in [0, 0.05) is 26.2 Å². The number of halogens is 1. The van der Waals surface area contributed by atoms with E-state index in [-0.39, 0.29) is 11.6 Å². The molecule has 0 aliphatic carbocycles. The standard InChI is InChI=1S/C15H20ClN5O/c1-10(17)14-18-12-5-3-4-11(16)13(12)15(22)21(14)20-8-6-19(2)7-9-20/h3-5,10H,6-9,17H2,1-2H3. The van der Waals surface area contributed by atoms with E-state index in [1.165, 1.54) is 0 Å². The molecule has 22 heavy (non-hydrogen) atoms. The molecule has 1 aromatic carbocycles. The maximum Gasteiger partial charge on any atom is 0.281 e. The maximum absolute atomic E-state index is 13.0. The van der Waals surface area contributed by atoms with E-state index in [0.29, 0.717) is 21.7 Å². The molecule has 1 atom stereocenters. The van der Waals surface area contributed by atoms with E-state index in [2.05, 4.69) is 16.9 Å². The van der Waals surface area contributed by atoms with Gasteiger partial charge in [-0.15, -0.1) is 0 Å². The smallest absolute Gasteiger partial charge is 0.281 e.